The fourth-order valence-electron chi connectivity index (χ4n) is 1.81. The first-order chi connectivity index (χ1) is 7.24. The molecule has 3 heteroatoms. The summed E-state index contributed by atoms with van der Waals surface area (Å²) in [6.45, 7) is 7.51. The van der Waals surface area contributed by atoms with Crippen molar-refractivity contribution in [2.45, 2.75) is 59.4 Å². The molecule has 3 nitrogen and oxygen atoms in total. The summed E-state index contributed by atoms with van der Waals surface area (Å²) in [5.74, 6) is 2.05. The van der Waals surface area contributed by atoms with Crippen LogP contribution in [0.15, 0.2) is 0 Å². The van der Waals surface area contributed by atoms with Gasteiger partial charge < -0.3 is 10.3 Å². The maximum Gasteiger partial charge on any atom is 0.126 e. The molecule has 0 saturated carbocycles. The van der Waals surface area contributed by atoms with Crippen molar-refractivity contribution in [3.05, 3.63) is 11.5 Å². The Morgan fingerprint density at radius 2 is 1.93 bits per heavy atom. The topological polar surface area (TPSA) is 43.8 Å². The summed E-state index contributed by atoms with van der Waals surface area (Å²) < 4.78 is 2.20. The van der Waals surface area contributed by atoms with Crippen LogP contribution in [-0.4, -0.2) is 9.55 Å². The van der Waals surface area contributed by atoms with E-state index < -0.39 is 0 Å². The summed E-state index contributed by atoms with van der Waals surface area (Å²) in [6.07, 6.45) is 5.48. The van der Waals surface area contributed by atoms with E-state index in [0.717, 1.165) is 37.3 Å². The Hall–Kier alpha value is -0.990. The molecule has 0 atom stereocenters. The molecule has 0 radical (unpaired) electrons. The first kappa shape index (κ1) is 12.1. The van der Waals surface area contributed by atoms with Gasteiger partial charge in [-0.1, -0.05) is 27.2 Å². The number of nitrogens with zero attached hydrogens (tertiary/aromatic N) is 2. The zero-order valence-electron chi connectivity index (χ0n) is 10.2. The van der Waals surface area contributed by atoms with Gasteiger partial charge in [-0.2, -0.15) is 0 Å². The zero-order chi connectivity index (χ0) is 11.3. The molecule has 0 bridgehead atoms. The second kappa shape index (κ2) is 5.79. The third-order valence-corrected chi connectivity index (χ3v) is 2.71. The van der Waals surface area contributed by atoms with Crippen molar-refractivity contribution in [2.75, 3.05) is 5.73 Å². The molecule has 0 saturated heterocycles. The normalized spacial score (nSPS) is 10.9. The van der Waals surface area contributed by atoms with Gasteiger partial charge in [-0.05, 0) is 19.3 Å². The lowest BCUT2D eigenvalue weighted by molar-refractivity contribution is 0.604. The highest BCUT2D eigenvalue weighted by molar-refractivity contribution is 5.38. The summed E-state index contributed by atoms with van der Waals surface area (Å²) in [4.78, 5) is 4.61. The van der Waals surface area contributed by atoms with E-state index in [-0.39, 0.29) is 0 Å². The van der Waals surface area contributed by atoms with Crippen molar-refractivity contribution in [3.63, 3.8) is 0 Å². The Bertz CT molecular complexity index is 302. The smallest absolute Gasteiger partial charge is 0.126 e. The van der Waals surface area contributed by atoms with E-state index in [4.69, 9.17) is 5.73 Å². The lowest BCUT2D eigenvalue weighted by Crippen LogP contribution is -2.07. The molecule has 0 aliphatic heterocycles. The van der Waals surface area contributed by atoms with E-state index in [1.54, 1.807) is 0 Å². The zero-order valence-corrected chi connectivity index (χ0v) is 10.2. The van der Waals surface area contributed by atoms with Gasteiger partial charge in [-0.15, -0.1) is 0 Å². The highest BCUT2D eigenvalue weighted by Gasteiger charge is 2.11. The minimum absolute atomic E-state index is 0.884. The Labute approximate surface area is 92.7 Å². The van der Waals surface area contributed by atoms with E-state index in [1.807, 2.05) is 0 Å². The molecular weight excluding hydrogens is 186 g/mol. The van der Waals surface area contributed by atoms with Gasteiger partial charge in [0, 0.05) is 13.0 Å². The minimum Gasteiger partial charge on any atom is -0.384 e. The molecule has 0 spiro atoms. The standard InChI is InChI=1S/C12H23N3/c1-4-7-9-15-11(8-5-2)14-10(6-3)12(15)13/h4-9,13H2,1-3H3. The lowest BCUT2D eigenvalue weighted by atomic mass is 10.3. The van der Waals surface area contributed by atoms with Crippen LogP contribution >= 0.6 is 0 Å². The summed E-state index contributed by atoms with van der Waals surface area (Å²) in [7, 11) is 0. The van der Waals surface area contributed by atoms with Crippen LogP contribution in [0.2, 0.25) is 0 Å². The minimum atomic E-state index is 0.884. The molecule has 2 N–H and O–H groups in total. The van der Waals surface area contributed by atoms with Gasteiger partial charge >= 0.3 is 0 Å². The number of hydrogen-bond donors (Lipinski definition) is 1. The molecule has 0 fully saturated rings. The second-order valence-electron chi connectivity index (χ2n) is 3.97. The van der Waals surface area contributed by atoms with Gasteiger partial charge in [-0.3, -0.25) is 0 Å². The number of aryl methyl sites for hydroxylation is 2. The molecule has 0 aliphatic rings. The molecule has 1 aromatic rings. The van der Waals surface area contributed by atoms with Crippen LogP contribution < -0.4 is 5.73 Å². The van der Waals surface area contributed by atoms with E-state index in [2.05, 4.69) is 30.3 Å². The Morgan fingerprint density at radius 3 is 2.47 bits per heavy atom. The molecule has 86 valence electrons. The third-order valence-electron chi connectivity index (χ3n) is 2.71. The average Bonchev–Trinajstić information content (AvgIpc) is 2.53. The Morgan fingerprint density at radius 1 is 1.20 bits per heavy atom. The highest BCUT2D eigenvalue weighted by Crippen LogP contribution is 2.17. The van der Waals surface area contributed by atoms with Crippen LogP contribution in [0, 0.1) is 0 Å². The van der Waals surface area contributed by atoms with Crippen LogP contribution in [0.25, 0.3) is 0 Å². The fraction of sp³-hybridized carbons (Fsp3) is 0.750. The molecule has 0 amide bonds. The molecule has 1 rings (SSSR count). The highest BCUT2D eigenvalue weighted by atomic mass is 15.1. The van der Waals surface area contributed by atoms with Crippen molar-refractivity contribution in [3.8, 4) is 0 Å². The lowest BCUT2D eigenvalue weighted by Gasteiger charge is -2.08. The predicted molar refractivity (Wildman–Crippen MR) is 64.9 cm³/mol. The van der Waals surface area contributed by atoms with E-state index >= 15 is 0 Å². The molecule has 15 heavy (non-hydrogen) atoms. The van der Waals surface area contributed by atoms with E-state index in [0.29, 0.717) is 0 Å². The molecule has 0 aromatic carbocycles. The van der Waals surface area contributed by atoms with Crippen LogP contribution in [0.4, 0.5) is 5.82 Å². The van der Waals surface area contributed by atoms with Crippen molar-refractivity contribution >= 4 is 5.82 Å². The number of rotatable bonds is 6. The van der Waals surface area contributed by atoms with Crippen LogP contribution in [0.5, 0.6) is 0 Å². The fourth-order valence-corrected chi connectivity index (χ4v) is 1.81. The van der Waals surface area contributed by atoms with Gasteiger partial charge in [0.15, 0.2) is 0 Å². The largest absolute Gasteiger partial charge is 0.384 e. The van der Waals surface area contributed by atoms with Crippen LogP contribution in [-0.2, 0) is 19.4 Å². The van der Waals surface area contributed by atoms with Gasteiger partial charge in [0.2, 0.25) is 0 Å². The van der Waals surface area contributed by atoms with Gasteiger partial charge in [0.05, 0.1) is 5.69 Å². The van der Waals surface area contributed by atoms with E-state index in [1.165, 1.54) is 18.7 Å². The second-order valence-corrected chi connectivity index (χ2v) is 3.97. The Kier molecular flexibility index (Phi) is 4.66. The van der Waals surface area contributed by atoms with Crippen molar-refractivity contribution in [2.24, 2.45) is 0 Å². The van der Waals surface area contributed by atoms with Gasteiger partial charge in [0.25, 0.3) is 0 Å². The number of nitrogen functional groups attached to an aromatic ring is 1. The predicted octanol–water partition coefficient (Wildman–Crippen LogP) is 2.78. The quantitative estimate of drug-likeness (QED) is 0.783. The average molecular weight is 209 g/mol. The molecule has 1 heterocycles. The number of nitrogens with two attached hydrogens (primary N) is 1. The molecular formula is C12H23N3. The maximum absolute atomic E-state index is 6.09. The number of anilines is 1. The molecule has 0 unspecified atom stereocenters. The first-order valence-corrected chi connectivity index (χ1v) is 6.08. The number of imidazole rings is 1. The summed E-state index contributed by atoms with van der Waals surface area (Å²) in [5, 5.41) is 0. The number of hydrogen-bond acceptors (Lipinski definition) is 2. The van der Waals surface area contributed by atoms with E-state index in [9.17, 15) is 0 Å². The maximum atomic E-state index is 6.09. The van der Waals surface area contributed by atoms with Crippen LogP contribution in [0.1, 0.15) is 51.6 Å². The van der Waals surface area contributed by atoms with Crippen molar-refractivity contribution in [1.29, 1.82) is 0 Å². The summed E-state index contributed by atoms with van der Waals surface area (Å²) >= 11 is 0. The van der Waals surface area contributed by atoms with Gasteiger partial charge in [0.1, 0.15) is 11.6 Å². The molecule has 0 aliphatic carbocycles. The number of unbranched alkanes of at least 4 members (excludes halogenated alkanes) is 1. The first-order valence-electron chi connectivity index (χ1n) is 6.08. The third kappa shape index (κ3) is 2.74. The van der Waals surface area contributed by atoms with Crippen molar-refractivity contribution in [1.82, 2.24) is 9.55 Å². The van der Waals surface area contributed by atoms with Crippen LogP contribution in [0.3, 0.4) is 0 Å². The monoisotopic (exact) mass is 209 g/mol. The summed E-state index contributed by atoms with van der Waals surface area (Å²) in [6, 6.07) is 0. The SMILES string of the molecule is CCCCn1c(CCC)nc(CC)c1N. The van der Waals surface area contributed by atoms with Gasteiger partial charge in [-0.25, -0.2) is 4.98 Å². The number of aromatic nitrogens is 2. The molecule has 1 aromatic heterocycles. The summed E-state index contributed by atoms with van der Waals surface area (Å²) in [5.41, 5.74) is 7.15. The Balaban J connectivity index is 2.91. The van der Waals surface area contributed by atoms with Crippen molar-refractivity contribution < 1.29 is 0 Å².